The molecule has 0 fully saturated rings. The highest BCUT2D eigenvalue weighted by Gasteiger charge is 2.19. The normalized spacial score (nSPS) is 13.5. The van der Waals surface area contributed by atoms with Gasteiger partial charge in [0.25, 0.3) is 0 Å². The molecule has 0 bridgehead atoms. The van der Waals surface area contributed by atoms with Gasteiger partial charge in [0, 0.05) is 18.2 Å². The van der Waals surface area contributed by atoms with Gasteiger partial charge in [-0.25, -0.2) is 13.1 Å². The van der Waals surface area contributed by atoms with Crippen molar-refractivity contribution in [3.8, 4) is 0 Å². The quantitative estimate of drug-likeness (QED) is 0.801. The number of methoxy groups -OCH3 is 1. The summed E-state index contributed by atoms with van der Waals surface area (Å²) in [6.45, 7) is 1.86. The van der Waals surface area contributed by atoms with Gasteiger partial charge < -0.3 is 9.84 Å². The number of benzene rings is 1. The van der Waals surface area contributed by atoms with E-state index >= 15 is 0 Å². The smallest absolute Gasteiger partial charge is 0.240 e. The fourth-order valence-electron chi connectivity index (χ4n) is 1.56. The van der Waals surface area contributed by atoms with Crippen LogP contribution in [0.25, 0.3) is 0 Å². The number of sulfonamides is 1. The molecule has 0 radical (unpaired) electrons. The molecule has 5 nitrogen and oxygen atoms in total. The van der Waals surface area contributed by atoms with Crippen LogP contribution in [0.4, 0.5) is 0 Å². The fourth-order valence-corrected chi connectivity index (χ4v) is 3.09. The highest BCUT2D eigenvalue weighted by Crippen LogP contribution is 2.20. The SMILES string of the molecule is CCC(COC)NS(=O)(=O)c1ccc(Cl)c(CO)c1. The average molecular weight is 308 g/mol. The summed E-state index contributed by atoms with van der Waals surface area (Å²) in [6, 6.07) is 3.94. The summed E-state index contributed by atoms with van der Waals surface area (Å²) in [5, 5.41) is 9.44. The third-order valence-electron chi connectivity index (χ3n) is 2.68. The molecule has 108 valence electrons. The Hall–Kier alpha value is -0.660. The van der Waals surface area contributed by atoms with E-state index in [0.717, 1.165) is 0 Å². The van der Waals surface area contributed by atoms with Crippen molar-refractivity contribution in [3.63, 3.8) is 0 Å². The lowest BCUT2D eigenvalue weighted by atomic mass is 10.2. The van der Waals surface area contributed by atoms with Gasteiger partial charge in [-0.1, -0.05) is 18.5 Å². The maximum atomic E-state index is 12.2. The summed E-state index contributed by atoms with van der Waals surface area (Å²) in [6.07, 6.45) is 0.619. The lowest BCUT2D eigenvalue weighted by molar-refractivity contribution is 0.173. The maximum Gasteiger partial charge on any atom is 0.240 e. The monoisotopic (exact) mass is 307 g/mol. The zero-order valence-corrected chi connectivity index (χ0v) is 12.5. The number of aliphatic hydroxyl groups is 1. The van der Waals surface area contributed by atoms with E-state index in [1.807, 2.05) is 6.92 Å². The van der Waals surface area contributed by atoms with Crippen LogP contribution in [0.5, 0.6) is 0 Å². The molecule has 0 heterocycles. The van der Waals surface area contributed by atoms with Crippen molar-refractivity contribution in [1.29, 1.82) is 0 Å². The van der Waals surface area contributed by atoms with E-state index in [0.29, 0.717) is 23.6 Å². The van der Waals surface area contributed by atoms with Gasteiger partial charge in [0.1, 0.15) is 0 Å². The zero-order valence-electron chi connectivity index (χ0n) is 10.9. The molecule has 7 heteroatoms. The van der Waals surface area contributed by atoms with Crippen LogP contribution < -0.4 is 4.72 Å². The molecule has 1 atom stereocenters. The first-order chi connectivity index (χ1) is 8.94. The molecule has 0 aliphatic heterocycles. The van der Waals surface area contributed by atoms with Crippen LogP contribution >= 0.6 is 11.6 Å². The first-order valence-corrected chi connectivity index (χ1v) is 7.71. The van der Waals surface area contributed by atoms with Crippen LogP contribution in [0.2, 0.25) is 5.02 Å². The minimum absolute atomic E-state index is 0.0792. The van der Waals surface area contributed by atoms with Crippen LogP contribution in [0, 0.1) is 0 Å². The third kappa shape index (κ3) is 4.43. The Morgan fingerprint density at radius 1 is 1.47 bits per heavy atom. The molecule has 1 aromatic carbocycles. The predicted molar refractivity (Wildman–Crippen MR) is 73.7 cm³/mol. The van der Waals surface area contributed by atoms with E-state index in [2.05, 4.69) is 4.72 Å². The molecule has 1 rings (SSSR count). The van der Waals surface area contributed by atoms with E-state index in [1.165, 1.54) is 25.3 Å². The Kier molecular flexibility index (Phi) is 6.22. The summed E-state index contributed by atoms with van der Waals surface area (Å²) in [5.41, 5.74) is 0.379. The second kappa shape index (κ2) is 7.21. The van der Waals surface area contributed by atoms with Crippen molar-refractivity contribution in [3.05, 3.63) is 28.8 Å². The molecule has 2 N–H and O–H groups in total. The van der Waals surface area contributed by atoms with E-state index in [4.69, 9.17) is 21.4 Å². The highest BCUT2D eigenvalue weighted by molar-refractivity contribution is 7.89. The molecular weight excluding hydrogens is 290 g/mol. The standard InChI is InChI=1S/C12H18ClNO4S/c1-3-10(8-18-2)14-19(16,17)11-4-5-12(13)9(6-11)7-15/h4-6,10,14-15H,3,7-8H2,1-2H3. The molecule has 0 aliphatic carbocycles. The Bertz CT molecular complexity index is 518. The minimum Gasteiger partial charge on any atom is -0.392 e. The summed E-state index contributed by atoms with van der Waals surface area (Å²) in [7, 11) is -2.13. The number of halogens is 1. The van der Waals surface area contributed by atoms with E-state index in [-0.39, 0.29) is 17.5 Å². The van der Waals surface area contributed by atoms with Crippen molar-refractivity contribution < 1.29 is 18.3 Å². The minimum atomic E-state index is -3.64. The van der Waals surface area contributed by atoms with Crippen LogP contribution in [0.3, 0.4) is 0 Å². The number of hydrogen-bond acceptors (Lipinski definition) is 4. The Balaban J connectivity index is 2.99. The van der Waals surface area contributed by atoms with E-state index in [9.17, 15) is 8.42 Å². The number of ether oxygens (including phenoxy) is 1. The first kappa shape index (κ1) is 16.4. The average Bonchev–Trinajstić information content (AvgIpc) is 2.38. The van der Waals surface area contributed by atoms with E-state index in [1.54, 1.807) is 0 Å². The van der Waals surface area contributed by atoms with Gasteiger partial charge in [0.2, 0.25) is 10.0 Å². The van der Waals surface area contributed by atoms with Gasteiger partial charge in [-0.3, -0.25) is 0 Å². The summed E-state index contributed by atoms with van der Waals surface area (Å²) >= 11 is 5.83. The Morgan fingerprint density at radius 2 is 2.16 bits per heavy atom. The third-order valence-corrected chi connectivity index (χ3v) is 4.57. The van der Waals surface area contributed by atoms with Gasteiger partial charge in [-0.2, -0.15) is 0 Å². The van der Waals surface area contributed by atoms with Crippen molar-refractivity contribution in [2.75, 3.05) is 13.7 Å². The molecule has 0 aromatic heterocycles. The molecule has 0 saturated carbocycles. The Labute approximate surface area is 118 Å². The van der Waals surface area contributed by atoms with Crippen LogP contribution in [-0.2, 0) is 21.4 Å². The van der Waals surface area contributed by atoms with Gasteiger partial charge in [0.05, 0.1) is 18.1 Å². The molecule has 1 aromatic rings. The molecule has 0 saturated heterocycles. The van der Waals surface area contributed by atoms with Crippen molar-refractivity contribution in [2.24, 2.45) is 0 Å². The number of hydrogen-bond donors (Lipinski definition) is 2. The number of aliphatic hydroxyl groups excluding tert-OH is 1. The van der Waals surface area contributed by atoms with Gasteiger partial charge in [0.15, 0.2) is 0 Å². The highest BCUT2D eigenvalue weighted by atomic mass is 35.5. The van der Waals surface area contributed by atoms with Crippen LogP contribution in [0.15, 0.2) is 23.1 Å². The topological polar surface area (TPSA) is 75.6 Å². The largest absolute Gasteiger partial charge is 0.392 e. The van der Waals surface area contributed by atoms with Crippen molar-refractivity contribution in [1.82, 2.24) is 4.72 Å². The molecule has 0 amide bonds. The van der Waals surface area contributed by atoms with E-state index < -0.39 is 10.0 Å². The molecule has 1 unspecified atom stereocenters. The van der Waals surface area contributed by atoms with Crippen LogP contribution in [0.1, 0.15) is 18.9 Å². The summed E-state index contributed by atoms with van der Waals surface area (Å²) in [5.74, 6) is 0. The maximum absolute atomic E-state index is 12.2. The summed E-state index contributed by atoms with van der Waals surface area (Å²) in [4.78, 5) is 0.0792. The molecule has 0 spiro atoms. The van der Waals surface area contributed by atoms with Crippen molar-refractivity contribution in [2.45, 2.75) is 30.9 Å². The lowest BCUT2D eigenvalue weighted by Gasteiger charge is -2.16. The van der Waals surface area contributed by atoms with Crippen LogP contribution in [-0.4, -0.2) is 33.3 Å². The lowest BCUT2D eigenvalue weighted by Crippen LogP contribution is -2.37. The zero-order chi connectivity index (χ0) is 14.5. The Morgan fingerprint density at radius 3 is 2.68 bits per heavy atom. The molecular formula is C12H18ClNO4S. The molecule has 19 heavy (non-hydrogen) atoms. The second-order valence-corrected chi connectivity index (χ2v) is 6.21. The van der Waals surface area contributed by atoms with Gasteiger partial charge in [-0.05, 0) is 30.2 Å². The molecule has 0 aliphatic rings. The van der Waals surface area contributed by atoms with Gasteiger partial charge in [-0.15, -0.1) is 0 Å². The van der Waals surface area contributed by atoms with Gasteiger partial charge >= 0.3 is 0 Å². The number of rotatable bonds is 7. The summed E-state index contributed by atoms with van der Waals surface area (Å²) < 4.78 is 31.8. The van der Waals surface area contributed by atoms with Crippen molar-refractivity contribution >= 4 is 21.6 Å². The number of nitrogens with one attached hydrogen (secondary N) is 1. The first-order valence-electron chi connectivity index (χ1n) is 5.85. The fraction of sp³-hybridized carbons (Fsp3) is 0.500. The predicted octanol–water partition coefficient (Wildman–Crippen LogP) is 1.54. The second-order valence-electron chi connectivity index (χ2n) is 4.09.